The van der Waals surface area contributed by atoms with E-state index in [1.807, 2.05) is 62.4 Å². The van der Waals surface area contributed by atoms with Crippen molar-refractivity contribution in [2.45, 2.75) is 13.8 Å². The lowest BCUT2D eigenvalue weighted by Crippen LogP contribution is -1.92. The van der Waals surface area contributed by atoms with Gasteiger partial charge in [-0.15, -0.1) is 0 Å². The lowest BCUT2D eigenvalue weighted by molar-refractivity contribution is 0.591. The molecule has 0 aliphatic heterocycles. The van der Waals surface area contributed by atoms with Gasteiger partial charge in [-0.3, -0.25) is 0 Å². The van der Waals surface area contributed by atoms with E-state index in [2.05, 4.69) is 9.97 Å². The molecule has 3 nitrogen and oxygen atoms in total. The molecular formula is C16H14N2O. The van der Waals surface area contributed by atoms with Crippen LogP contribution in [0.2, 0.25) is 0 Å². The first-order chi connectivity index (χ1) is 9.22. The minimum Gasteiger partial charge on any atom is -0.453 e. The first-order valence-electron chi connectivity index (χ1n) is 6.20. The molecule has 3 rings (SSSR count). The summed E-state index contributed by atoms with van der Waals surface area (Å²) >= 11 is 0. The Hall–Kier alpha value is -2.42. The molecule has 0 aliphatic carbocycles. The number of hydrogen-bond donors (Lipinski definition) is 0. The molecule has 1 aromatic carbocycles. The molecule has 0 spiro atoms. The fourth-order valence-electron chi connectivity index (χ4n) is 2.05. The van der Waals surface area contributed by atoms with Crippen LogP contribution in [0.5, 0.6) is 0 Å². The van der Waals surface area contributed by atoms with E-state index in [-0.39, 0.29) is 0 Å². The highest BCUT2D eigenvalue weighted by Gasteiger charge is 2.09. The molecule has 0 radical (unpaired) electrons. The number of furan rings is 1. The summed E-state index contributed by atoms with van der Waals surface area (Å²) < 4.78 is 5.84. The van der Waals surface area contributed by atoms with Gasteiger partial charge in [-0.2, -0.15) is 0 Å². The summed E-state index contributed by atoms with van der Waals surface area (Å²) in [5.41, 5.74) is 2.94. The number of hydrogen-bond acceptors (Lipinski definition) is 3. The Bertz CT molecular complexity index is 682. The largest absolute Gasteiger partial charge is 0.453 e. The molecule has 3 heteroatoms. The molecule has 0 saturated carbocycles. The van der Waals surface area contributed by atoms with E-state index < -0.39 is 0 Å². The van der Waals surface area contributed by atoms with Crippen molar-refractivity contribution in [1.82, 2.24) is 9.97 Å². The van der Waals surface area contributed by atoms with Crippen LogP contribution in [0.3, 0.4) is 0 Å². The monoisotopic (exact) mass is 250 g/mol. The van der Waals surface area contributed by atoms with Gasteiger partial charge in [0.25, 0.3) is 0 Å². The van der Waals surface area contributed by atoms with Gasteiger partial charge in [0.05, 0.1) is 0 Å². The van der Waals surface area contributed by atoms with Crippen LogP contribution >= 0.6 is 0 Å². The third-order valence-electron chi connectivity index (χ3n) is 2.87. The van der Waals surface area contributed by atoms with E-state index in [0.29, 0.717) is 11.6 Å². The van der Waals surface area contributed by atoms with E-state index in [1.165, 1.54) is 0 Å². The van der Waals surface area contributed by atoms with Crippen molar-refractivity contribution in [1.29, 1.82) is 0 Å². The van der Waals surface area contributed by atoms with Crippen molar-refractivity contribution >= 4 is 0 Å². The van der Waals surface area contributed by atoms with Gasteiger partial charge in [0.1, 0.15) is 5.76 Å². The van der Waals surface area contributed by atoms with Gasteiger partial charge in [0.2, 0.25) is 0 Å². The lowest BCUT2D eigenvalue weighted by Gasteiger charge is -2.00. The summed E-state index contributed by atoms with van der Waals surface area (Å²) in [7, 11) is 0. The SMILES string of the molecule is Cc1cc(C)nc(-c2ccc(-c3ccccc3)o2)n1. The maximum Gasteiger partial charge on any atom is 0.196 e. The lowest BCUT2D eigenvalue weighted by atomic mass is 10.2. The molecule has 0 N–H and O–H groups in total. The third-order valence-corrected chi connectivity index (χ3v) is 2.87. The van der Waals surface area contributed by atoms with Gasteiger partial charge < -0.3 is 4.42 Å². The quantitative estimate of drug-likeness (QED) is 0.689. The maximum atomic E-state index is 5.84. The average molecular weight is 250 g/mol. The van der Waals surface area contributed by atoms with Gasteiger partial charge in [-0.1, -0.05) is 30.3 Å². The Morgan fingerprint density at radius 3 is 2.11 bits per heavy atom. The number of aromatic nitrogens is 2. The predicted octanol–water partition coefficient (Wildman–Crippen LogP) is 4.02. The molecule has 19 heavy (non-hydrogen) atoms. The van der Waals surface area contributed by atoms with Crippen molar-refractivity contribution in [3.05, 3.63) is 59.9 Å². The molecule has 0 unspecified atom stereocenters. The smallest absolute Gasteiger partial charge is 0.196 e. The standard InChI is InChI=1S/C16H14N2O/c1-11-10-12(2)18-16(17-11)15-9-8-14(19-15)13-6-4-3-5-7-13/h3-10H,1-2H3. The third kappa shape index (κ3) is 2.40. The zero-order chi connectivity index (χ0) is 13.2. The molecule has 0 bridgehead atoms. The normalized spacial score (nSPS) is 10.6. The van der Waals surface area contributed by atoms with Crippen LogP contribution in [0.1, 0.15) is 11.4 Å². The molecule has 0 aliphatic rings. The Balaban J connectivity index is 2.02. The number of aryl methyl sites for hydroxylation is 2. The van der Waals surface area contributed by atoms with Crippen LogP contribution in [0.15, 0.2) is 52.9 Å². The second kappa shape index (κ2) is 4.69. The van der Waals surface area contributed by atoms with Crippen molar-refractivity contribution in [2.24, 2.45) is 0 Å². The Morgan fingerprint density at radius 1 is 0.789 bits per heavy atom. The summed E-state index contributed by atoms with van der Waals surface area (Å²) in [6, 6.07) is 15.8. The molecule has 2 heterocycles. The van der Waals surface area contributed by atoms with Gasteiger partial charge in [0.15, 0.2) is 11.6 Å². The second-order valence-electron chi connectivity index (χ2n) is 4.50. The molecule has 0 atom stereocenters. The van der Waals surface area contributed by atoms with E-state index in [9.17, 15) is 0 Å². The highest BCUT2D eigenvalue weighted by molar-refractivity contribution is 5.61. The summed E-state index contributed by atoms with van der Waals surface area (Å²) in [6.07, 6.45) is 0. The zero-order valence-electron chi connectivity index (χ0n) is 10.9. The van der Waals surface area contributed by atoms with Crippen LogP contribution < -0.4 is 0 Å². The highest BCUT2D eigenvalue weighted by atomic mass is 16.3. The van der Waals surface area contributed by atoms with E-state index in [0.717, 1.165) is 22.7 Å². The van der Waals surface area contributed by atoms with Crippen LogP contribution in [-0.2, 0) is 0 Å². The Kier molecular flexibility index (Phi) is 2.88. The second-order valence-corrected chi connectivity index (χ2v) is 4.50. The van der Waals surface area contributed by atoms with E-state index >= 15 is 0 Å². The van der Waals surface area contributed by atoms with Gasteiger partial charge in [-0.05, 0) is 32.0 Å². The van der Waals surface area contributed by atoms with E-state index in [4.69, 9.17) is 4.42 Å². The molecule has 94 valence electrons. The van der Waals surface area contributed by atoms with Gasteiger partial charge >= 0.3 is 0 Å². The van der Waals surface area contributed by atoms with Crippen LogP contribution in [0.4, 0.5) is 0 Å². The summed E-state index contributed by atoms with van der Waals surface area (Å²) in [5, 5.41) is 0. The van der Waals surface area contributed by atoms with Crippen LogP contribution in [0, 0.1) is 13.8 Å². The average Bonchev–Trinajstić information content (AvgIpc) is 2.88. The van der Waals surface area contributed by atoms with Crippen LogP contribution in [-0.4, -0.2) is 9.97 Å². The Morgan fingerprint density at radius 2 is 1.42 bits per heavy atom. The van der Waals surface area contributed by atoms with E-state index in [1.54, 1.807) is 0 Å². The predicted molar refractivity (Wildman–Crippen MR) is 74.6 cm³/mol. The van der Waals surface area contributed by atoms with Gasteiger partial charge in [0, 0.05) is 17.0 Å². The maximum absolute atomic E-state index is 5.84. The van der Waals surface area contributed by atoms with Crippen molar-refractivity contribution in [3.8, 4) is 22.9 Å². The summed E-state index contributed by atoms with van der Waals surface area (Å²) in [4.78, 5) is 8.81. The fourth-order valence-corrected chi connectivity index (χ4v) is 2.05. The highest BCUT2D eigenvalue weighted by Crippen LogP contribution is 2.26. The first-order valence-corrected chi connectivity index (χ1v) is 6.20. The van der Waals surface area contributed by atoms with Gasteiger partial charge in [-0.25, -0.2) is 9.97 Å². The molecule has 0 fully saturated rings. The topological polar surface area (TPSA) is 38.9 Å². The number of benzene rings is 1. The van der Waals surface area contributed by atoms with Crippen molar-refractivity contribution in [2.75, 3.05) is 0 Å². The zero-order valence-corrected chi connectivity index (χ0v) is 10.9. The molecule has 0 amide bonds. The summed E-state index contributed by atoms with van der Waals surface area (Å²) in [6.45, 7) is 3.92. The molecule has 3 aromatic rings. The first kappa shape index (κ1) is 11.7. The summed E-state index contributed by atoms with van der Waals surface area (Å²) in [5.74, 6) is 2.17. The Labute approximate surface area is 112 Å². The minimum absolute atomic E-state index is 0.639. The van der Waals surface area contributed by atoms with Crippen molar-refractivity contribution in [3.63, 3.8) is 0 Å². The number of rotatable bonds is 2. The fraction of sp³-hybridized carbons (Fsp3) is 0.125. The minimum atomic E-state index is 0.639. The van der Waals surface area contributed by atoms with Crippen molar-refractivity contribution < 1.29 is 4.42 Å². The van der Waals surface area contributed by atoms with Crippen LogP contribution in [0.25, 0.3) is 22.9 Å². The molecule has 2 aromatic heterocycles. The molecular weight excluding hydrogens is 236 g/mol. The molecule has 0 saturated heterocycles. The number of nitrogens with zero attached hydrogens (tertiary/aromatic N) is 2.